The lowest BCUT2D eigenvalue weighted by Gasteiger charge is -2.04. The van der Waals surface area contributed by atoms with Gasteiger partial charge in [0.25, 0.3) is 0 Å². The first-order chi connectivity index (χ1) is 11.2. The summed E-state index contributed by atoms with van der Waals surface area (Å²) in [5.74, 6) is 0.266. The second-order valence-corrected chi connectivity index (χ2v) is 5.72. The highest BCUT2D eigenvalue weighted by Crippen LogP contribution is 2.33. The highest BCUT2D eigenvalue weighted by molar-refractivity contribution is 6.13. The molecule has 116 valence electrons. The molecule has 0 aliphatic heterocycles. The zero-order valence-corrected chi connectivity index (χ0v) is 12.6. The summed E-state index contributed by atoms with van der Waals surface area (Å²) >= 11 is 0. The summed E-state index contributed by atoms with van der Waals surface area (Å²) < 4.78 is 4.75. The molecule has 1 fully saturated rings. The molecular formula is C17H15N3O3. The number of aromatic amines is 1. The Kier molecular flexibility index (Phi) is 3.04. The quantitative estimate of drug-likeness (QED) is 0.729. The summed E-state index contributed by atoms with van der Waals surface area (Å²) in [6.45, 7) is 0. The molecule has 6 nitrogen and oxygen atoms in total. The number of anilines is 1. The first kappa shape index (κ1) is 13.8. The monoisotopic (exact) mass is 309 g/mol. The maximum Gasteiger partial charge on any atom is 0.337 e. The summed E-state index contributed by atoms with van der Waals surface area (Å²) in [4.78, 5) is 31.2. The Morgan fingerprint density at radius 1 is 1.26 bits per heavy atom. The fourth-order valence-electron chi connectivity index (χ4n) is 2.73. The van der Waals surface area contributed by atoms with E-state index in [1.807, 2.05) is 12.1 Å². The zero-order chi connectivity index (χ0) is 16.0. The van der Waals surface area contributed by atoms with Gasteiger partial charge in [-0.05, 0) is 31.0 Å². The first-order valence-corrected chi connectivity index (χ1v) is 7.47. The van der Waals surface area contributed by atoms with Crippen LogP contribution in [-0.4, -0.2) is 29.0 Å². The van der Waals surface area contributed by atoms with Crippen LogP contribution in [0, 0.1) is 5.92 Å². The second-order valence-electron chi connectivity index (χ2n) is 5.72. The Balaban J connectivity index is 1.83. The van der Waals surface area contributed by atoms with Gasteiger partial charge in [0.05, 0.1) is 18.2 Å². The standard InChI is InChI=1S/C17H15N3O3/c1-23-17(22)10-4-5-11-12-6-7-18-15(14(12)19-13(11)8-10)20-16(21)9-2-3-9/h4-9,19H,2-3H2,1H3,(H,18,20,21). The molecule has 0 saturated heterocycles. The van der Waals surface area contributed by atoms with Crippen molar-refractivity contribution in [3.63, 3.8) is 0 Å². The summed E-state index contributed by atoms with van der Waals surface area (Å²) in [6, 6.07) is 7.23. The molecule has 2 N–H and O–H groups in total. The van der Waals surface area contributed by atoms with E-state index in [0.29, 0.717) is 11.4 Å². The zero-order valence-electron chi connectivity index (χ0n) is 12.6. The summed E-state index contributed by atoms with van der Waals surface area (Å²) in [7, 11) is 1.35. The Labute approximate surface area is 131 Å². The largest absolute Gasteiger partial charge is 0.465 e. The summed E-state index contributed by atoms with van der Waals surface area (Å²) in [5, 5.41) is 4.81. The van der Waals surface area contributed by atoms with Gasteiger partial charge in [-0.15, -0.1) is 0 Å². The third-order valence-corrected chi connectivity index (χ3v) is 4.13. The van der Waals surface area contributed by atoms with Crippen LogP contribution in [0.3, 0.4) is 0 Å². The van der Waals surface area contributed by atoms with Crippen molar-refractivity contribution in [1.29, 1.82) is 0 Å². The lowest BCUT2D eigenvalue weighted by Crippen LogP contribution is -2.14. The van der Waals surface area contributed by atoms with Crippen LogP contribution in [0.5, 0.6) is 0 Å². The van der Waals surface area contributed by atoms with Crippen LogP contribution in [0.25, 0.3) is 21.8 Å². The van der Waals surface area contributed by atoms with Gasteiger partial charge in [-0.1, -0.05) is 6.07 Å². The third kappa shape index (κ3) is 2.32. The Morgan fingerprint density at radius 3 is 2.83 bits per heavy atom. The number of H-pyrrole nitrogens is 1. The van der Waals surface area contributed by atoms with Crippen molar-refractivity contribution in [3.05, 3.63) is 36.0 Å². The maximum atomic E-state index is 12.0. The maximum absolute atomic E-state index is 12.0. The number of aromatic nitrogens is 2. The average Bonchev–Trinajstić information content (AvgIpc) is 3.35. The van der Waals surface area contributed by atoms with E-state index in [9.17, 15) is 9.59 Å². The van der Waals surface area contributed by atoms with Gasteiger partial charge in [0.15, 0.2) is 5.82 Å². The van der Waals surface area contributed by atoms with Gasteiger partial charge in [0, 0.05) is 28.4 Å². The number of pyridine rings is 1. The molecule has 4 rings (SSSR count). The Hall–Kier alpha value is -2.89. The van der Waals surface area contributed by atoms with Crippen LogP contribution in [0.15, 0.2) is 30.5 Å². The first-order valence-electron chi connectivity index (χ1n) is 7.47. The molecule has 0 unspecified atom stereocenters. The van der Waals surface area contributed by atoms with E-state index < -0.39 is 0 Å². The van der Waals surface area contributed by atoms with Crippen molar-refractivity contribution in [2.75, 3.05) is 12.4 Å². The summed E-state index contributed by atoms with van der Waals surface area (Å²) in [5.41, 5.74) is 2.04. The van der Waals surface area contributed by atoms with Gasteiger partial charge in [-0.25, -0.2) is 9.78 Å². The number of ether oxygens (including phenoxy) is 1. The minimum atomic E-state index is -0.383. The van der Waals surface area contributed by atoms with E-state index in [4.69, 9.17) is 4.74 Å². The fraction of sp³-hybridized carbons (Fsp3) is 0.235. The van der Waals surface area contributed by atoms with Crippen molar-refractivity contribution < 1.29 is 14.3 Å². The van der Waals surface area contributed by atoms with E-state index in [0.717, 1.165) is 34.6 Å². The molecule has 0 radical (unpaired) electrons. The molecule has 0 spiro atoms. The number of rotatable bonds is 3. The molecule has 6 heteroatoms. The van der Waals surface area contributed by atoms with E-state index in [-0.39, 0.29) is 17.8 Å². The van der Waals surface area contributed by atoms with E-state index >= 15 is 0 Å². The van der Waals surface area contributed by atoms with Gasteiger partial charge in [-0.2, -0.15) is 0 Å². The van der Waals surface area contributed by atoms with Crippen LogP contribution in [0.4, 0.5) is 5.82 Å². The number of nitrogens with one attached hydrogen (secondary N) is 2. The molecule has 1 aliphatic rings. The highest BCUT2D eigenvalue weighted by Gasteiger charge is 2.30. The topological polar surface area (TPSA) is 84.1 Å². The molecule has 3 aromatic rings. The van der Waals surface area contributed by atoms with Gasteiger partial charge >= 0.3 is 5.97 Å². The van der Waals surface area contributed by atoms with Gasteiger partial charge in [-0.3, -0.25) is 4.79 Å². The van der Waals surface area contributed by atoms with Gasteiger partial charge in [0.2, 0.25) is 5.91 Å². The highest BCUT2D eigenvalue weighted by atomic mass is 16.5. The molecule has 0 bridgehead atoms. The van der Waals surface area contributed by atoms with Crippen LogP contribution in [0.1, 0.15) is 23.2 Å². The van der Waals surface area contributed by atoms with E-state index in [1.54, 1.807) is 18.3 Å². The molecule has 2 aromatic heterocycles. The van der Waals surface area contributed by atoms with Gasteiger partial charge in [0.1, 0.15) is 0 Å². The average molecular weight is 309 g/mol. The van der Waals surface area contributed by atoms with Crippen LogP contribution < -0.4 is 5.32 Å². The van der Waals surface area contributed by atoms with Crippen molar-refractivity contribution in [3.8, 4) is 0 Å². The number of methoxy groups -OCH3 is 1. The second kappa shape index (κ2) is 5.08. The Bertz CT molecular complexity index is 941. The Morgan fingerprint density at radius 2 is 2.09 bits per heavy atom. The molecule has 23 heavy (non-hydrogen) atoms. The van der Waals surface area contributed by atoms with Crippen molar-refractivity contribution in [2.45, 2.75) is 12.8 Å². The smallest absolute Gasteiger partial charge is 0.337 e. The number of carbonyl (C=O) groups is 2. The SMILES string of the molecule is COC(=O)c1ccc2c(c1)[nH]c1c(NC(=O)C3CC3)nccc12. The summed E-state index contributed by atoms with van der Waals surface area (Å²) in [6.07, 6.45) is 3.56. The predicted octanol–water partition coefficient (Wildman–Crippen LogP) is 2.85. The minimum Gasteiger partial charge on any atom is -0.465 e. The molecule has 1 saturated carbocycles. The van der Waals surface area contributed by atoms with Crippen molar-refractivity contribution >= 4 is 39.5 Å². The minimum absolute atomic E-state index is 0.0129. The lowest BCUT2D eigenvalue weighted by atomic mass is 10.1. The van der Waals surface area contributed by atoms with E-state index in [2.05, 4.69) is 15.3 Å². The number of hydrogen-bond donors (Lipinski definition) is 2. The van der Waals surface area contributed by atoms with Crippen LogP contribution in [0.2, 0.25) is 0 Å². The molecular weight excluding hydrogens is 294 g/mol. The third-order valence-electron chi connectivity index (χ3n) is 4.13. The number of fused-ring (bicyclic) bond motifs is 3. The fourth-order valence-corrected chi connectivity index (χ4v) is 2.73. The number of esters is 1. The molecule has 1 aliphatic carbocycles. The van der Waals surface area contributed by atoms with Gasteiger partial charge < -0.3 is 15.0 Å². The number of hydrogen-bond acceptors (Lipinski definition) is 4. The molecule has 2 heterocycles. The number of carbonyl (C=O) groups excluding carboxylic acids is 2. The van der Waals surface area contributed by atoms with Crippen LogP contribution in [-0.2, 0) is 9.53 Å². The van der Waals surface area contributed by atoms with E-state index in [1.165, 1.54) is 7.11 Å². The molecule has 1 aromatic carbocycles. The molecule has 0 atom stereocenters. The number of benzene rings is 1. The predicted molar refractivity (Wildman–Crippen MR) is 86.3 cm³/mol. The van der Waals surface area contributed by atoms with Crippen LogP contribution >= 0.6 is 0 Å². The van der Waals surface area contributed by atoms with Crippen molar-refractivity contribution in [2.24, 2.45) is 5.92 Å². The molecule has 1 amide bonds. The van der Waals surface area contributed by atoms with Crippen molar-refractivity contribution in [1.82, 2.24) is 9.97 Å². The number of amides is 1. The number of nitrogens with zero attached hydrogens (tertiary/aromatic N) is 1. The lowest BCUT2D eigenvalue weighted by molar-refractivity contribution is -0.117. The normalized spacial score (nSPS) is 14.1.